The first-order valence-corrected chi connectivity index (χ1v) is 12.0. The molecule has 9 heteroatoms. The van der Waals surface area contributed by atoms with Crippen molar-refractivity contribution >= 4 is 22.4 Å². The Balaban J connectivity index is 1.73. The molecule has 1 fully saturated rings. The minimum absolute atomic E-state index is 0.0188. The second kappa shape index (κ2) is 9.32. The van der Waals surface area contributed by atoms with E-state index < -0.39 is 10.8 Å². The molecule has 1 aliphatic heterocycles. The molecule has 31 heavy (non-hydrogen) atoms. The number of aromatic nitrogens is 4. The Morgan fingerprint density at radius 1 is 1.29 bits per heavy atom. The Hall–Kier alpha value is -2.52. The Labute approximate surface area is 185 Å². The van der Waals surface area contributed by atoms with E-state index in [0.29, 0.717) is 16.8 Å². The maximum atomic E-state index is 13.3. The number of nitrogens with zero attached hydrogens (tertiary/aromatic N) is 4. The van der Waals surface area contributed by atoms with Gasteiger partial charge in [-0.25, -0.2) is 4.98 Å². The molecule has 166 valence electrons. The highest BCUT2D eigenvalue weighted by atomic mass is 32.2. The van der Waals surface area contributed by atoms with Gasteiger partial charge in [0.15, 0.2) is 5.65 Å². The van der Waals surface area contributed by atoms with E-state index in [2.05, 4.69) is 41.5 Å². The second-order valence-corrected chi connectivity index (χ2v) is 9.85. The summed E-state index contributed by atoms with van der Waals surface area (Å²) >= 11 is 0. The maximum Gasteiger partial charge on any atom is 0.228 e. The van der Waals surface area contributed by atoms with E-state index in [-0.39, 0.29) is 17.2 Å². The lowest BCUT2D eigenvalue weighted by Crippen LogP contribution is -2.36. The lowest BCUT2D eigenvalue weighted by atomic mass is 10.1. The zero-order chi connectivity index (χ0) is 22.0. The smallest absolute Gasteiger partial charge is 0.228 e. The van der Waals surface area contributed by atoms with Crippen molar-refractivity contribution in [2.24, 2.45) is 0 Å². The van der Waals surface area contributed by atoms with Crippen LogP contribution in [0.25, 0.3) is 5.65 Å². The zero-order valence-corrected chi connectivity index (χ0v) is 19.3. The maximum absolute atomic E-state index is 13.3. The van der Waals surface area contributed by atoms with Gasteiger partial charge in [-0.1, -0.05) is 26.0 Å². The monoisotopic (exact) mass is 442 g/mol. The summed E-state index contributed by atoms with van der Waals surface area (Å²) in [5.74, 6) is 1.58. The third-order valence-electron chi connectivity index (χ3n) is 5.67. The number of hydrogen-bond acceptors (Lipinski definition) is 7. The first kappa shape index (κ1) is 21.7. The van der Waals surface area contributed by atoms with Crippen LogP contribution in [-0.2, 0) is 10.8 Å². The number of benzene rings is 1. The molecule has 2 N–H and O–H groups in total. The number of piperidine rings is 1. The summed E-state index contributed by atoms with van der Waals surface area (Å²) in [5, 5.41) is 11.7. The number of methoxy groups -OCH3 is 1. The molecule has 0 radical (unpaired) electrons. The molecule has 2 aromatic heterocycles. The molecule has 0 bridgehead atoms. The van der Waals surface area contributed by atoms with Crippen molar-refractivity contribution in [2.45, 2.75) is 56.0 Å². The van der Waals surface area contributed by atoms with Crippen molar-refractivity contribution in [1.29, 1.82) is 0 Å². The van der Waals surface area contributed by atoms with Gasteiger partial charge in [0.1, 0.15) is 5.75 Å². The van der Waals surface area contributed by atoms with E-state index >= 15 is 0 Å². The number of anilines is 1. The molecule has 1 unspecified atom stereocenters. The van der Waals surface area contributed by atoms with Crippen molar-refractivity contribution in [3.05, 3.63) is 41.6 Å². The van der Waals surface area contributed by atoms with Crippen LogP contribution < -0.4 is 15.4 Å². The van der Waals surface area contributed by atoms with Crippen LogP contribution in [0.1, 0.15) is 56.7 Å². The van der Waals surface area contributed by atoms with Gasteiger partial charge in [-0.3, -0.25) is 4.21 Å². The van der Waals surface area contributed by atoms with Gasteiger partial charge in [-0.15, -0.1) is 0 Å². The van der Waals surface area contributed by atoms with Gasteiger partial charge >= 0.3 is 0 Å². The molecule has 1 aromatic carbocycles. The van der Waals surface area contributed by atoms with E-state index in [1.807, 2.05) is 30.5 Å². The van der Waals surface area contributed by atoms with E-state index in [4.69, 9.17) is 9.72 Å². The van der Waals surface area contributed by atoms with Gasteiger partial charge in [0.2, 0.25) is 11.1 Å². The lowest BCUT2D eigenvalue weighted by Gasteiger charge is -2.22. The Morgan fingerprint density at radius 2 is 2.13 bits per heavy atom. The quantitative estimate of drug-likeness (QED) is 0.580. The minimum Gasteiger partial charge on any atom is -0.497 e. The summed E-state index contributed by atoms with van der Waals surface area (Å²) in [7, 11) is 0.365. The van der Waals surface area contributed by atoms with E-state index in [1.54, 1.807) is 11.6 Å². The second-order valence-electron chi connectivity index (χ2n) is 8.23. The average Bonchev–Trinajstić information content (AvgIpc) is 3.24. The average molecular weight is 443 g/mol. The SMILES string of the molecule is COc1cccc([C@H](C)Nc2nc(S(=O)[C@@H]3CCCNC3)nc3c(C(C)C)cnn23)c1. The highest BCUT2D eigenvalue weighted by molar-refractivity contribution is 7.85. The topological polar surface area (TPSA) is 93.4 Å². The molecule has 8 nitrogen and oxygen atoms in total. The van der Waals surface area contributed by atoms with Gasteiger partial charge < -0.3 is 15.4 Å². The molecule has 0 amide bonds. The van der Waals surface area contributed by atoms with E-state index in [1.165, 1.54) is 0 Å². The predicted molar refractivity (Wildman–Crippen MR) is 122 cm³/mol. The molecule has 4 rings (SSSR count). The fourth-order valence-corrected chi connectivity index (χ4v) is 5.11. The zero-order valence-electron chi connectivity index (χ0n) is 18.5. The van der Waals surface area contributed by atoms with Gasteiger partial charge in [0.25, 0.3) is 0 Å². The van der Waals surface area contributed by atoms with Gasteiger partial charge in [0, 0.05) is 12.1 Å². The summed E-state index contributed by atoms with van der Waals surface area (Å²) in [6.45, 7) is 7.95. The van der Waals surface area contributed by atoms with Crippen LogP contribution in [0, 0.1) is 0 Å². The van der Waals surface area contributed by atoms with Crippen LogP contribution >= 0.6 is 0 Å². The molecular weight excluding hydrogens is 412 g/mol. The van der Waals surface area contributed by atoms with Gasteiger partial charge in [-0.05, 0) is 49.9 Å². The standard InChI is InChI=1S/C22H30N6O2S/c1-14(2)19-13-24-28-20(19)26-22(31(29)18-9-6-10-23-12-18)27-21(28)25-15(3)16-7-5-8-17(11-16)30-4/h5,7-8,11,13-15,18,23H,6,9-10,12H2,1-4H3,(H,25,26,27)/t15-,18+,31?/m0/s1. The fraction of sp³-hybridized carbons (Fsp3) is 0.500. The van der Waals surface area contributed by atoms with Gasteiger partial charge in [0.05, 0.1) is 35.4 Å². The molecular formula is C22H30N6O2S. The third kappa shape index (κ3) is 4.57. The Kier molecular flexibility index (Phi) is 6.52. The number of ether oxygens (including phenoxy) is 1. The minimum atomic E-state index is -1.29. The number of nitrogens with one attached hydrogen (secondary N) is 2. The van der Waals surface area contributed by atoms with Crippen LogP contribution in [0.4, 0.5) is 5.95 Å². The third-order valence-corrected chi connectivity index (χ3v) is 7.22. The molecule has 1 saturated heterocycles. The number of rotatable bonds is 7. The van der Waals surface area contributed by atoms with Crippen LogP contribution in [0.5, 0.6) is 5.75 Å². The van der Waals surface area contributed by atoms with Gasteiger partial charge in [-0.2, -0.15) is 14.6 Å². The number of fused-ring (bicyclic) bond motifs is 1. The Morgan fingerprint density at radius 3 is 2.84 bits per heavy atom. The molecule has 0 aliphatic carbocycles. The van der Waals surface area contributed by atoms with Crippen molar-refractivity contribution in [3.8, 4) is 5.75 Å². The highest BCUT2D eigenvalue weighted by Crippen LogP contribution is 2.26. The first-order chi connectivity index (χ1) is 15.0. The summed E-state index contributed by atoms with van der Waals surface area (Å²) in [5.41, 5.74) is 2.78. The summed E-state index contributed by atoms with van der Waals surface area (Å²) < 4.78 is 20.4. The fourth-order valence-electron chi connectivity index (χ4n) is 3.81. The molecule has 0 saturated carbocycles. The molecule has 3 heterocycles. The summed E-state index contributed by atoms with van der Waals surface area (Å²) in [6.07, 6.45) is 3.75. The van der Waals surface area contributed by atoms with Crippen LogP contribution in [0.2, 0.25) is 0 Å². The van der Waals surface area contributed by atoms with Crippen molar-refractivity contribution < 1.29 is 8.95 Å². The summed E-state index contributed by atoms with van der Waals surface area (Å²) in [4.78, 5) is 9.38. The highest BCUT2D eigenvalue weighted by Gasteiger charge is 2.26. The first-order valence-electron chi connectivity index (χ1n) is 10.8. The van der Waals surface area contributed by atoms with E-state index in [0.717, 1.165) is 42.8 Å². The van der Waals surface area contributed by atoms with E-state index in [9.17, 15) is 4.21 Å². The predicted octanol–water partition coefficient (Wildman–Crippen LogP) is 3.29. The largest absolute Gasteiger partial charge is 0.497 e. The molecule has 0 spiro atoms. The normalized spacial score (nSPS) is 18.8. The van der Waals surface area contributed by atoms with Crippen LogP contribution in [0.15, 0.2) is 35.6 Å². The van der Waals surface area contributed by atoms with Crippen molar-refractivity contribution in [2.75, 3.05) is 25.5 Å². The lowest BCUT2D eigenvalue weighted by molar-refractivity contribution is 0.414. The molecule has 3 atom stereocenters. The number of hydrogen-bond donors (Lipinski definition) is 2. The molecule has 3 aromatic rings. The van der Waals surface area contributed by atoms with Crippen LogP contribution in [0.3, 0.4) is 0 Å². The van der Waals surface area contributed by atoms with Crippen molar-refractivity contribution in [1.82, 2.24) is 24.9 Å². The Bertz CT molecular complexity index is 1080. The molecule has 1 aliphatic rings. The van der Waals surface area contributed by atoms with Crippen LogP contribution in [-0.4, -0.2) is 49.2 Å². The summed E-state index contributed by atoms with van der Waals surface area (Å²) in [6, 6.07) is 7.85. The van der Waals surface area contributed by atoms with Crippen molar-refractivity contribution in [3.63, 3.8) is 0 Å².